The monoisotopic (exact) mass is 366 g/mol. The normalized spacial score (nSPS) is 14.2. The molecule has 0 aromatic heterocycles. The second kappa shape index (κ2) is 6.04. The third-order valence-electron chi connectivity index (χ3n) is 5.29. The number of rotatable bonds is 3. The van der Waals surface area contributed by atoms with Crippen molar-refractivity contribution in [2.24, 2.45) is 0 Å². The Morgan fingerprint density at radius 2 is 1.52 bits per heavy atom. The Morgan fingerprint density at radius 3 is 2.33 bits per heavy atom. The van der Waals surface area contributed by atoms with Crippen LogP contribution in [0.25, 0.3) is 21.9 Å². The van der Waals surface area contributed by atoms with E-state index in [2.05, 4.69) is 0 Å². The van der Waals surface area contributed by atoms with Gasteiger partial charge in [0.2, 0.25) is 13.6 Å². The van der Waals surface area contributed by atoms with Gasteiger partial charge in [-0.25, -0.2) is 0 Å². The summed E-state index contributed by atoms with van der Waals surface area (Å²) in [4.78, 5) is 0. The Kier molecular flexibility index (Phi) is 3.63. The van der Waals surface area contributed by atoms with Crippen molar-refractivity contribution in [1.82, 2.24) is 0 Å². The van der Waals surface area contributed by atoms with Crippen LogP contribution in [0.1, 0.15) is 16.7 Å². The zero-order valence-electron chi connectivity index (χ0n) is 14.7. The highest BCUT2D eigenvalue weighted by Gasteiger charge is 2.26. The van der Waals surface area contributed by atoms with Gasteiger partial charge in [0.1, 0.15) is 0 Å². The molecule has 3 aromatic carbocycles. The van der Waals surface area contributed by atoms with Gasteiger partial charge in [0.25, 0.3) is 0 Å². The topological polar surface area (TPSA) is 77.4 Å². The highest BCUT2D eigenvalue weighted by molar-refractivity contribution is 6.06. The van der Waals surface area contributed by atoms with Crippen LogP contribution < -0.4 is 18.9 Å². The maximum Gasteiger partial charge on any atom is 0.231 e. The van der Waals surface area contributed by atoms with E-state index in [4.69, 9.17) is 18.9 Å². The van der Waals surface area contributed by atoms with Crippen LogP contribution in [0.3, 0.4) is 0 Å². The summed E-state index contributed by atoms with van der Waals surface area (Å²) in [7, 11) is 0. The number of hydrogen-bond donors (Lipinski definition) is 2. The van der Waals surface area contributed by atoms with Crippen LogP contribution in [0.5, 0.6) is 23.0 Å². The average Bonchev–Trinajstić information content (AvgIpc) is 3.35. The van der Waals surface area contributed by atoms with E-state index in [-0.39, 0.29) is 26.8 Å². The van der Waals surface area contributed by atoms with E-state index >= 15 is 0 Å². The molecule has 2 aliphatic heterocycles. The van der Waals surface area contributed by atoms with Crippen molar-refractivity contribution < 1.29 is 29.2 Å². The van der Waals surface area contributed by atoms with Gasteiger partial charge in [-0.15, -0.1) is 0 Å². The smallest absolute Gasteiger partial charge is 0.231 e. The predicted octanol–water partition coefficient (Wildman–Crippen LogP) is 3.26. The SMILES string of the molecule is Cc1c(CO)c(CO)c(-c2ccc3c(c2)OCO3)c2c3c(ccc12)OCO3. The Balaban J connectivity index is 1.92. The molecule has 3 aromatic rings. The molecule has 5 rings (SSSR count). The summed E-state index contributed by atoms with van der Waals surface area (Å²) in [5.74, 6) is 2.67. The van der Waals surface area contributed by atoms with Gasteiger partial charge in [-0.3, -0.25) is 0 Å². The molecule has 0 amide bonds. The minimum Gasteiger partial charge on any atom is -0.454 e. The van der Waals surface area contributed by atoms with Crippen LogP contribution in [0, 0.1) is 6.92 Å². The fraction of sp³-hybridized carbons (Fsp3) is 0.238. The van der Waals surface area contributed by atoms with Crippen LogP contribution in [0.15, 0.2) is 30.3 Å². The maximum absolute atomic E-state index is 10.2. The molecule has 27 heavy (non-hydrogen) atoms. The zero-order valence-corrected chi connectivity index (χ0v) is 14.7. The minimum absolute atomic E-state index is 0.157. The molecule has 0 saturated carbocycles. The van der Waals surface area contributed by atoms with Crippen LogP contribution in [-0.4, -0.2) is 23.8 Å². The number of benzene rings is 3. The molecule has 2 heterocycles. The summed E-state index contributed by atoms with van der Waals surface area (Å²) >= 11 is 0. The molecular weight excluding hydrogens is 348 g/mol. The van der Waals surface area contributed by atoms with Gasteiger partial charge in [0, 0.05) is 5.39 Å². The number of aliphatic hydroxyl groups is 2. The first kappa shape index (κ1) is 16.2. The van der Waals surface area contributed by atoms with E-state index in [1.54, 1.807) is 0 Å². The third kappa shape index (κ3) is 2.27. The fourth-order valence-corrected chi connectivity index (χ4v) is 3.98. The van der Waals surface area contributed by atoms with Crippen molar-refractivity contribution in [3.63, 3.8) is 0 Å². The molecule has 0 radical (unpaired) electrons. The van der Waals surface area contributed by atoms with E-state index < -0.39 is 0 Å². The summed E-state index contributed by atoms with van der Waals surface area (Å²) in [5.41, 5.74) is 3.97. The van der Waals surface area contributed by atoms with Gasteiger partial charge >= 0.3 is 0 Å². The summed E-state index contributed by atoms with van der Waals surface area (Å²) in [6.07, 6.45) is 0. The first-order chi connectivity index (χ1) is 13.2. The molecule has 0 unspecified atom stereocenters. The van der Waals surface area contributed by atoms with Gasteiger partial charge in [-0.05, 0) is 58.3 Å². The molecule has 0 atom stereocenters. The van der Waals surface area contributed by atoms with Crippen LogP contribution in [0.2, 0.25) is 0 Å². The van der Waals surface area contributed by atoms with E-state index in [0.717, 1.165) is 33.0 Å². The van der Waals surface area contributed by atoms with E-state index in [0.29, 0.717) is 28.6 Å². The molecule has 2 aliphatic rings. The van der Waals surface area contributed by atoms with Crippen molar-refractivity contribution in [3.8, 4) is 34.1 Å². The Labute approximate surface area is 155 Å². The Hall–Kier alpha value is -2.96. The molecule has 6 nitrogen and oxygen atoms in total. The van der Waals surface area contributed by atoms with E-state index in [1.807, 2.05) is 37.3 Å². The Morgan fingerprint density at radius 1 is 0.815 bits per heavy atom. The van der Waals surface area contributed by atoms with E-state index in [9.17, 15) is 10.2 Å². The second-order valence-electron chi connectivity index (χ2n) is 6.56. The summed E-state index contributed by atoms with van der Waals surface area (Å²) < 4.78 is 22.3. The van der Waals surface area contributed by atoms with Crippen molar-refractivity contribution in [2.45, 2.75) is 20.1 Å². The standard InChI is InChI=1S/C21H18O6/c1-11-13-3-5-17-21(27-10-25-17)20(13)19(15(8-23)14(11)7-22)12-2-4-16-18(6-12)26-9-24-16/h2-6,22-23H,7-10H2,1H3. The van der Waals surface area contributed by atoms with Gasteiger partial charge in [-0.2, -0.15) is 0 Å². The first-order valence-corrected chi connectivity index (χ1v) is 8.71. The molecule has 0 saturated heterocycles. The second-order valence-corrected chi connectivity index (χ2v) is 6.56. The Bertz CT molecular complexity index is 1070. The number of ether oxygens (including phenoxy) is 4. The number of fused-ring (bicyclic) bond motifs is 4. The summed E-state index contributed by atoms with van der Waals surface area (Å²) in [6.45, 7) is 1.92. The van der Waals surface area contributed by atoms with Crippen LogP contribution >= 0.6 is 0 Å². The minimum atomic E-state index is -0.207. The lowest BCUT2D eigenvalue weighted by Crippen LogP contribution is -2.03. The fourth-order valence-electron chi connectivity index (χ4n) is 3.98. The molecule has 2 N–H and O–H groups in total. The van der Waals surface area contributed by atoms with Gasteiger partial charge in [0.05, 0.1) is 13.2 Å². The lowest BCUT2D eigenvalue weighted by Gasteiger charge is -2.20. The lowest BCUT2D eigenvalue weighted by atomic mass is 9.86. The van der Waals surface area contributed by atoms with Crippen molar-refractivity contribution in [2.75, 3.05) is 13.6 Å². The zero-order chi connectivity index (χ0) is 18.5. The third-order valence-corrected chi connectivity index (χ3v) is 5.29. The molecule has 0 bridgehead atoms. The van der Waals surface area contributed by atoms with Gasteiger partial charge < -0.3 is 29.2 Å². The van der Waals surface area contributed by atoms with Crippen LogP contribution in [0.4, 0.5) is 0 Å². The summed E-state index contributed by atoms with van der Waals surface area (Å²) in [6, 6.07) is 9.51. The molecule has 0 aliphatic carbocycles. The highest BCUT2D eigenvalue weighted by atomic mass is 16.7. The van der Waals surface area contributed by atoms with Crippen LogP contribution in [-0.2, 0) is 13.2 Å². The summed E-state index contributed by atoms with van der Waals surface area (Å²) in [5, 5.41) is 22.0. The molecule has 6 heteroatoms. The molecule has 138 valence electrons. The number of hydrogen-bond acceptors (Lipinski definition) is 6. The quantitative estimate of drug-likeness (QED) is 0.741. The largest absolute Gasteiger partial charge is 0.454 e. The predicted molar refractivity (Wildman–Crippen MR) is 98.2 cm³/mol. The number of aryl methyl sites for hydroxylation is 1. The highest BCUT2D eigenvalue weighted by Crippen LogP contribution is 2.48. The first-order valence-electron chi connectivity index (χ1n) is 8.71. The average molecular weight is 366 g/mol. The molecular formula is C21H18O6. The maximum atomic E-state index is 10.2. The molecule has 0 spiro atoms. The van der Waals surface area contributed by atoms with E-state index in [1.165, 1.54) is 0 Å². The van der Waals surface area contributed by atoms with Crippen molar-refractivity contribution >= 4 is 10.8 Å². The van der Waals surface area contributed by atoms with Gasteiger partial charge in [0.15, 0.2) is 23.0 Å². The lowest BCUT2D eigenvalue weighted by molar-refractivity contribution is 0.174. The van der Waals surface area contributed by atoms with Crippen molar-refractivity contribution in [3.05, 3.63) is 47.0 Å². The molecule has 0 fully saturated rings. The number of aliphatic hydroxyl groups excluding tert-OH is 2. The van der Waals surface area contributed by atoms with Gasteiger partial charge in [-0.1, -0.05) is 12.1 Å². The van der Waals surface area contributed by atoms with Crippen molar-refractivity contribution in [1.29, 1.82) is 0 Å².